The molecule has 9 heteroatoms. The Morgan fingerprint density at radius 3 is 2.43 bits per heavy atom. The van der Waals surface area contributed by atoms with Crippen LogP contribution in [0.15, 0.2) is 41.3 Å². The lowest BCUT2D eigenvalue weighted by molar-refractivity contribution is 0.0930. The van der Waals surface area contributed by atoms with Crippen LogP contribution in [-0.4, -0.2) is 50.9 Å². The Balaban J connectivity index is 1.47. The third-order valence-corrected chi connectivity index (χ3v) is 8.70. The number of ether oxygens (including phenoxy) is 1. The van der Waals surface area contributed by atoms with Crippen LogP contribution in [0.1, 0.15) is 59.2 Å². The fourth-order valence-corrected chi connectivity index (χ4v) is 6.00. The number of carbonyl (C=O) groups excluding carboxylic acids is 2. The van der Waals surface area contributed by atoms with Crippen LogP contribution in [-0.2, 0) is 22.9 Å². The molecule has 4 rings (SSSR count). The first-order valence-corrected chi connectivity index (χ1v) is 13.5. The molecule has 0 bridgehead atoms. The van der Waals surface area contributed by atoms with Crippen LogP contribution in [0.5, 0.6) is 5.75 Å². The zero-order valence-corrected chi connectivity index (χ0v) is 21.3. The average Bonchev–Trinajstić information content (AvgIpc) is 3.36. The molecule has 2 aliphatic rings. The zero-order valence-electron chi connectivity index (χ0n) is 20.5. The molecule has 2 aromatic rings. The van der Waals surface area contributed by atoms with Gasteiger partial charge in [-0.3, -0.25) is 4.79 Å². The molecule has 35 heavy (non-hydrogen) atoms. The van der Waals surface area contributed by atoms with Gasteiger partial charge in [0, 0.05) is 19.1 Å². The van der Waals surface area contributed by atoms with Gasteiger partial charge < -0.3 is 15.4 Å². The van der Waals surface area contributed by atoms with Crippen LogP contribution in [0, 0.1) is 6.92 Å². The van der Waals surface area contributed by atoms with Gasteiger partial charge in [0.2, 0.25) is 0 Å². The monoisotopic (exact) mass is 499 g/mol. The van der Waals surface area contributed by atoms with E-state index in [2.05, 4.69) is 10.6 Å². The van der Waals surface area contributed by atoms with Gasteiger partial charge in [0.15, 0.2) is 0 Å². The van der Waals surface area contributed by atoms with Crippen molar-refractivity contribution in [2.24, 2.45) is 0 Å². The number of sulfonamides is 1. The first kappa shape index (κ1) is 25.0. The first-order chi connectivity index (χ1) is 16.7. The molecule has 2 N–H and O–H groups in total. The highest BCUT2D eigenvalue weighted by Crippen LogP contribution is 2.27. The van der Waals surface area contributed by atoms with E-state index in [1.807, 2.05) is 19.1 Å². The summed E-state index contributed by atoms with van der Waals surface area (Å²) in [5, 5.41) is 5.90. The number of carbonyl (C=O) groups is 2. The minimum atomic E-state index is -3.99. The van der Waals surface area contributed by atoms with E-state index in [1.165, 1.54) is 14.2 Å². The van der Waals surface area contributed by atoms with Gasteiger partial charge in [-0.1, -0.05) is 30.5 Å². The smallest absolute Gasteiger partial charge is 0.331 e. The maximum atomic E-state index is 13.2. The molecule has 188 valence electrons. The number of hydrogen-bond acceptors (Lipinski definition) is 5. The van der Waals surface area contributed by atoms with Crippen LogP contribution >= 0.6 is 0 Å². The van der Waals surface area contributed by atoms with Crippen molar-refractivity contribution in [1.29, 1.82) is 0 Å². The van der Waals surface area contributed by atoms with Crippen molar-refractivity contribution >= 4 is 22.0 Å². The molecule has 1 saturated carbocycles. The summed E-state index contributed by atoms with van der Waals surface area (Å²) in [7, 11) is -1.17. The predicted octanol–water partition coefficient (Wildman–Crippen LogP) is 3.56. The van der Waals surface area contributed by atoms with E-state index in [9.17, 15) is 18.0 Å². The second kappa shape index (κ2) is 10.3. The zero-order chi connectivity index (χ0) is 25.2. The third kappa shape index (κ3) is 5.45. The summed E-state index contributed by atoms with van der Waals surface area (Å²) in [6.45, 7) is 1.92. The van der Waals surface area contributed by atoms with Crippen LogP contribution in [0.2, 0.25) is 0 Å². The Morgan fingerprint density at radius 2 is 1.71 bits per heavy atom. The van der Waals surface area contributed by atoms with E-state index < -0.39 is 16.1 Å². The Hall–Kier alpha value is -3.07. The van der Waals surface area contributed by atoms with Crippen LogP contribution in [0.25, 0.3) is 0 Å². The number of aryl methyl sites for hydroxylation is 2. The van der Waals surface area contributed by atoms with Gasteiger partial charge in [0.25, 0.3) is 15.9 Å². The fraction of sp³-hybridized carbons (Fsp3) is 0.462. The number of benzene rings is 2. The molecule has 8 nitrogen and oxygen atoms in total. The standard InChI is InChI=1S/C26H33N3O5S/c1-17-8-13-24(34-3)23(14-17)25(30)27-21-11-9-18-10-12-22(16-19(18)15-21)35(32,33)29(2)26(31)28-20-6-4-5-7-20/h8,10,12-14,16,20-21H,4-7,9,11,15H2,1-3H3,(H,27,30)(H,28,31). The van der Waals surface area contributed by atoms with Crippen molar-refractivity contribution in [2.75, 3.05) is 14.2 Å². The molecule has 2 aromatic carbocycles. The highest BCUT2D eigenvalue weighted by Gasteiger charge is 2.30. The summed E-state index contributed by atoms with van der Waals surface area (Å²) in [5.41, 5.74) is 3.36. The summed E-state index contributed by atoms with van der Waals surface area (Å²) in [6.07, 6.45) is 5.82. The quantitative estimate of drug-likeness (QED) is 0.632. The Kier molecular flexibility index (Phi) is 7.35. The maximum absolute atomic E-state index is 13.2. The second-order valence-electron chi connectivity index (χ2n) is 9.45. The van der Waals surface area contributed by atoms with Gasteiger partial charge in [-0.15, -0.1) is 0 Å². The number of fused-ring (bicyclic) bond motifs is 1. The lowest BCUT2D eigenvalue weighted by Gasteiger charge is -2.27. The van der Waals surface area contributed by atoms with Gasteiger partial charge in [-0.25, -0.2) is 17.5 Å². The van der Waals surface area contributed by atoms with E-state index in [0.29, 0.717) is 17.7 Å². The fourth-order valence-electron chi connectivity index (χ4n) is 4.88. The van der Waals surface area contributed by atoms with Crippen molar-refractivity contribution in [3.05, 3.63) is 58.7 Å². The third-order valence-electron chi connectivity index (χ3n) is 6.97. The first-order valence-electron chi connectivity index (χ1n) is 12.1. The average molecular weight is 500 g/mol. The van der Waals surface area contributed by atoms with E-state index in [4.69, 9.17) is 4.74 Å². The summed E-state index contributed by atoms with van der Waals surface area (Å²) < 4.78 is 32.5. The molecule has 0 radical (unpaired) electrons. The molecule has 1 fully saturated rings. The van der Waals surface area contributed by atoms with Crippen LogP contribution in [0.3, 0.4) is 0 Å². The van der Waals surface area contributed by atoms with Crippen molar-refractivity contribution in [2.45, 2.75) is 68.8 Å². The number of methoxy groups -OCH3 is 1. The molecule has 0 heterocycles. The SMILES string of the molecule is COc1ccc(C)cc1C(=O)NC1CCc2ccc(S(=O)(=O)N(C)C(=O)NC3CCCC3)cc2C1. The highest BCUT2D eigenvalue weighted by atomic mass is 32.2. The second-order valence-corrected chi connectivity index (χ2v) is 11.4. The van der Waals surface area contributed by atoms with Crippen molar-refractivity contribution in [1.82, 2.24) is 14.9 Å². The van der Waals surface area contributed by atoms with Gasteiger partial charge in [0.1, 0.15) is 5.75 Å². The van der Waals surface area contributed by atoms with E-state index >= 15 is 0 Å². The van der Waals surface area contributed by atoms with E-state index in [0.717, 1.165) is 59.5 Å². The molecule has 2 aliphatic carbocycles. The maximum Gasteiger partial charge on any atom is 0.331 e. The number of hydrogen-bond donors (Lipinski definition) is 2. The number of urea groups is 1. The minimum Gasteiger partial charge on any atom is -0.496 e. The van der Waals surface area contributed by atoms with Crippen LogP contribution < -0.4 is 15.4 Å². The van der Waals surface area contributed by atoms with E-state index in [1.54, 1.807) is 24.3 Å². The topological polar surface area (TPSA) is 105 Å². The summed E-state index contributed by atoms with van der Waals surface area (Å²) in [5.74, 6) is 0.294. The van der Waals surface area contributed by atoms with Gasteiger partial charge in [-0.05, 0) is 74.4 Å². The number of amides is 3. The highest BCUT2D eigenvalue weighted by molar-refractivity contribution is 7.89. The summed E-state index contributed by atoms with van der Waals surface area (Å²) in [6, 6.07) is 9.75. The van der Waals surface area contributed by atoms with Gasteiger partial charge in [0.05, 0.1) is 17.6 Å². The summed E-state index contributed by atoms with van der Waals surface area (Å²) >= 11 is 0. The molecular weight excluding hydrogens is 466 g/mol. The number of nitrogens with one attached hydrogen (secondary N) is 2. The molecule has 1 atom stereocenters. The molecule has 1 unspecified atom stereocenters. The molecule has 0 aromatic heterocycles. The molecular formula is C26H33N3O5S. The largest absolute Gasteiger partial charge is 0.496 e. The molecule has 0 spiro atoms. The van der Waals surface area contributed by atoms with Crippen molar-refractivity contribution < 1.29 is 22.7 Å². The lowest BCUT2D eigenvalue weighted by atomic mass is 9.88. The normalized spacial score (nSPS) is 18.0. The predicted molar refractivity (Wildman–Crippen MR) is 133 cm³/mol. The Labute approximate surface area is 207 Å². The molecule has 0 aliphatic heterocycles. The lowest BCUT2D eigenvalue weighted by Crippen LogP contribution is -2.44. The summed E-state index contributed by atoms with van der Waals surface area (Å²) in [4.78, 5) is 25.6. The molecule has 3 amide bonds. The Bertz CT molecular complexity index is 1220. The molecule has 0 saturated heterocycles. The van der Waals surface area contributed by atoms with Crippen molar-refractivity contribution in [3.8, 4) is 5.75 Å². The number of nitrogens with zero attached hydrogens (tertiary/aromatic N) is 1. The van der Waals surface area contributed by atoms with Gasteiger partial charge >= 0.3 is 6.03 Å². The van der Waals surface area contributed by atoms with Gasteiger partial charge in [-0.2, -0.15) is 0 Å². The Morgan fingerprint density at radius 1 is 0.971 bits per heavy atom. The van der Waals surface area contributed by atoms with Crippen LogP contribution in [0.4, 0.5) is 4.79 Å². The van der Waals surface area contributed by atoms with E-state index in [-0.39, 0.29) is 22.9 Å². The minimum absolute atomic E-state index is 0.0279. The van der Waals surface area contributed by atoms with Crippen molar-refractivity contribution in [3.63, 3.8) is 0 Å². The number of rotatable bonds is 6.